The molecule has 5 nitrogen and oxygen atoms in total. The molecular formula is C15H15ClN2O3. The molecule has 0 aliphatic rings. The molecule has 21 heavy (non-hydrogen) atoms. The molecule has 2 aromatic rings. The number of pyridine rings is 1. The number of hydrogen-bond donors (Lipinski definition) is 2. The standard InChI is InChI=1S/C15H15ClN2O3/c1-21-15(20)11-8-17-14(16)7-12(11)18-13(9-19)10-5-3-2-4-6-10/h2-8,13,19H,9H2,1H3,(H,17,18)/t13-/m1/s1. The molecule has 0 aliphatic carbocycles. The number of benzene rings is 1. The summed E-state index contributed by atoms with van der Waals surface area (Å²) in [6, 6.07) is 10.6. The third-order valence-electron chi connectivity index (χ3n) is 2.99. The highest BCUT2D eigenvalue weighted by molar-refractivity contribution is 6.29. The summed E-state index contributed by atoms with van der Waals surface area (Å²) in [6.45, 7) is -0.134. The van der Waals surface area contributed by atoms with Gasteiger partial charge in [0.25, 0.3) is 0 Å². The normalized spacial score (nSPS) is 11.8. The lowest BCUT2D eigenvalue weighted by Gasteiger charge is -2.19. The van der Waals surface area contributed by atoms with E-state index in [0.29, 0.717) is 5.69 Å². The van der Waals surface area contributed by atoms with E-state index in [4.69, 9.17) is 16.3 Å². The molecule has 0 aliphatic heterocycles. The van der Waals surface area contributed by atoms with Crippen molar-refractivity contribution >= 4 is 23.3 Å². The molecule has 0 radical (unpaired) electrons. The molecule has 1 aromatic heterocycles. The molecule has 2 N–H and O–H groups in total. The number of aliphatic hydroxyl groups excluding tert-OH is 1. The summed E-state index contributed by atoms with van der Waals surface area (Å²) in [4.78, 5) is 15.6. The summed E-state index contributed by atoms with van der Waals surface area (Å²) >= 11 is 5.87. The lowest BCUT2D eigenvalue weighted by Crippen LogP contribution is -2.17. The number of carbonyl (C=O) groups is 1. The van der Waals surface area contributed by atoms with Crippen molar-refractivity contribution in [2.45, 2.75) is 6.04 Å². The molecule has 1 atom stereocenters. The van der Waals surface area contributed by atoms with Gasteiger partial charge in [0, 0.05) is 6.20 Å². The van der Waals surface area contributed by atoms with Gasteiger partial charge in [-0.3, -0.25) is 0 Å². The smallest absolute Gasteiger partial charge is 0.341 e. The molecule has 0 unspecified atom stereocenters. The Hall–Kier alpha value is -2.11. The van der Waals surface area contributed by atoms with E-state index in [9.17, 15) is 9.90 Å². The number of hydrogen-bond acceptors (Lipinski definition) is 5. The van der Waals surface area contributed by atoms with E-state index in [1.165, 1.54) is 19.4 Å². The first-order chi connectivity index (χ1) is 10.2. The molecule has 0 bridgehead atoms. The van der Waals surface area contributed by atoms with E-state index in [-0.39, 0.29) is 23.4 Å². The molecule has 0 amide bonds. The number of carbonyl (C=O) groups excluding carboxylic acids is 1. The molecule has 6 heteroatoms. The van der Waals surface area contributed by atoms with Crippen LogP contribution in [0.2, 0.25) is 5.15 Å². The zero-order chi connectivity index (χ0) is 15.2. The van der Waals surface area contributed by atoms with Crippen LogP contribution in [0.3, 0.4) is 0 Å². The van der Waals surface area contributed by atoms with E-state index >= 15 is 0 Å². The van der Waals surface area contributed by atoms with Gasteiger partial charge in [-0.15, -0.1) is 0 Å². The third-order valence-corrected chi connectivity index (χ3v) is 3.20. The average Bonchev–Trinajstić information content (AvgIpc) is 2.53. The fourth-order valence-electron chi connectivity index (χ4n) is 1.93. The van der Waals surface area contributed by atoms with Crippen molar-refractivity contribution in [1.82, 2.24) is 4.98 Å². The van der Waals surface area contributed by atoms with E-state index in [1.807, 2.05) is 30.3 Å². The maximum absolute atomic E-state index is 11.7. The van der Waals surface area contributed by atoms with Crippen LogP contribution in [0.4, 0.5) is 5.69 Å². The Morgan fingerprint density at radius 3 is 2.76 bits per heavy atom. The van der Waals surface area contributed by atoms with Crippen LogP contribution in [-0.4, -0.2) is 29.8 Å². The number of esters is 1. The Morgan fingerprint density at radius 2 is 2.14 bits per heavy atom. The van der Waals surface area contributed by atoms with Gasteiger partial charge in [-0.05, 0) is 11.6 Å². The second kappa shape index (κ2) is 7.06. The molecule has 0 fully saturated rings. The van der Waals surface area contributed by atoms with Crippen molar-refractivity contribution in [3.05, 3.63) is 58.9 Å². The SMILES string of the molecule is COC(=O)c1cnc(Cl)cc1N[C@H](CO)c1ccccc1. The van der Waals surface area contributed by atoms with Crippen LogP contribution >= 0.6 is 11.6 Å². The fourth-order valence-corrected chi connectivity index (χ4v) is 2.09. The Morgan fingerprint density at radius 1 is 1.43 bits per heavy atom. The van der Waals surface area contributed by atoms with Gasteiger partial charge in [0.15, 0.2) is 0 Å². The quantitative estimate of drug-likeness (QED) is 0.656. The number of aliphatic hydroxyl groups is 1. The number of nitrogens with zero attached hydrogens (tertiary/aromatic N) is 1. The third kappa shape index (κ3) is 3.71. The summed E-state index contributed by atoms with van der Waals surface area (Å²) in [7, 11) is 1.29. The first-order valence-electron chi connectivity index (χ1n) is 6.32. The number of aromatic nitrogens is 1. The summed E-state index contributed by atoms with van der Waals surface area (Å²) in [6.07, 6.45) is 1.34. The lowest BCUT2D eigenvalue weighted by atomic mass is 10.1. The van der Waals surface area contributed by atoms with E-state index in [1.54, 1.807) is 0 Å². The maximum Gasteiger partial charge on any atom is 0.341 e. The van der Waals surface area contributed by atoms with Crippen LogP contribution in [-0.2, 0) is 4.74 Å². The number of ether oxygens (including phenoxy) is 1. The summed E-state index contributed by atoms with van der Waals surface area (Å²) < 4.78 is 4.71. The Balaban J connectivity index is 2.33. The summed E-state index contributed by atoms with van der Waals surface area (Å²) in [5.41, 5.74) is 1.62. The van der Waals surface area contributed by atoms with E-state index < -0.39 is 5.97 Å². The Kier molecular flexibility index (Phi) is 5.14. The molecule has 0 spiro atoms. The second-order valence-corrected chi connectivity index (χ2v) is 4.72. The number of methoxy groups -OCH3 is 1. The number of rotatable bonds is 5. The molecule has 1 heterocycles. The van der Waals surface area contributed by atoms with Gasteiger partial charge < -0.3 is 15.2 Å². The first kappa shape index (κ1) is 15.3. The monoisotopic (exact) mass is 306 g/mol. The van der Waals surface area contributed by atoms with Gasteiger partial charge in [-0.1, -0.05) is 41.9 Å². The van der Waals surface area contributed by atoms with Crippen molar-refractivity contribution < 1.29 is 14.6 Å². The molecule has 2 rings (SSSR count). The molecule has 1 aromatic carbocycles. The van der Waals surface area contributed by atoms with Gasteiger partial charge >= 0.3 is 5.97 Å². The minimum atomic E-state index is -0.522. The van der Waals surface area contributed by atoms with Crippen molar-refractivity contribution in [2.75, 3.05) is 19.0 Å². The summed E-state index contributed by atoms with van der Waals surface area (Å²) in [5, 5.41) is 12.9. The zero-order valence-electron chi connectivity index (χ0n) is 11.4. The molecule has 110 valence electrons. The minimum Gasteiger partial charge on any atom is -0.465 e. The largest absolute Gasteiger partial charge is 0.465 e. The van der Waals surface area contributed by atoms with Gasteiger partial charge in [-0.25, -0.2) is 9.78 Å². The van der Waals surface area contributed by atoms with Crippen LogP contribution in [0.15, 0.2) is 42.6 Å². The van der Waals surface area contributed by atoms with Crippen LogP contribution in [0, 0.1) is 0 Å². The van der Waals surface area contributed by atoms with Crippen LogP contribution < -0.4 is 5.32 Å². The number of anilines is 1. The summed E-state index contributed by atoms with van der Waals surface area (Å²) in [5.74, 6) is -0.522. The predicted octanol–water partition coefficient (Wildman–Crippen LogP) is 2.67. The van der Waals surface area contributed by atoms with Gasteiger partial charge in [0.2, 0.25) is 0 Å². The van der Waals surface area contributed by atoms with Crippen molar-refractivity contribution in [2.24, 2.45) is 0 Å². The van der Waals surface area contributed by atoms with Gasteiger partial charge in [0.05, 0.1) is 25.4 Å². The zero-order valence-corrected chi connectivity index (χ0v) is 12.2. The van der Waals surface area contributed by atoms with E-state index in [2.05, 4.69) is 10.3 Å². The van der Waals surface area contributed by atoms with Gasteiger partial charge in [-0.2, -0.15) is 0 Å². The van der Waals surface area contributed by atoms with Crippen LogP contribution in [0.25, 0.3) is 0 Å². The molecule has 0 saturated heterocycles. The lowest BCUT2D eigenvalue weighted by molar-refractivity contribution is 0.0601. The van der Waals surface area contributed by atoms with Crippen molar-refractivity contribution in [1.29, 1.82) is 0 Å². The van der Waals surface area contributed by atoms with E-state index in [0.717, 1.165) is 5.56 Å². The molecular weight excluding hydrogens is 292 g/mol. The van der Waals surface area contributed by atoms with Crippen molar-refractivity contribution in [3.63, 3.8) is 0 Å². The number of nitrogens with one attached hydrogen (secondary N) is 1. The highest BCUT2D eigenvalue weighted by Crippen LogP contribution is 2.25. The second-order valence-electron chi connectivity index (χ2n) is 4.33. The van der Waals surface area contributed by atoms with Gasteiger partial charge in [0.1, 0.15) is 10.7 Å². The average molecular weight is 307 g/mol. The Labute approximate surface area is 127 Å². The molecule has 0 saturated carbocycles. The predicted molar refractivity (Wildman–Crippen MR) is 80.5 cm³/mol. The van der Waals surface area contributed by atoms with Crippen LogP contribution in [0.1, 0.15) is 22.0 Å². The van der Waals surface area contributed by atoms with Crippen LogP contribution in [0.5, 0.6) is 0 Å². The topological polar surface area (TPSA) is 71.5 Å². The highest BCUT2D eigenvalue weighted by Gasteiger charge is 2.17. The highest BCUT2D eigenvalue weighted by atomic mass is 35.5. The minimum absolute atomic E-state index is 0.134. The Bertz CT molecular complexity index is 620. The maximum atomic E-state index is 11.7. The fraction of sp³-hybridized carbons (Fsp3) is 0.200. The van der Waals surface area contributed by atoms with Crippen molar-refractivity contribution in [3.8, 4) is 0 Å². The first-order valence-corrected chi connectivity index (χ1v) is 6.69. The number of halogens is 1.